The summed E-state index contributed by atoms with van der Waals surface area (Å²) in [5.41, 5.74) is 2.81. The predicted octanol–water partition coefficient (Wildman–Crippen LogP) is 2.56. The van der Waals surface area contributed by atoms with Gasteiger partial charge in [0.1, 0.15) is 0 Å². The highest BCUT2D eigenvalue weighted by atomic mass is 16.3. The lowest BCUT2D eigenvalue weighted by Crippen LogP contribution is -2.25. The van der Waals surface area contributed by atoms with Gasteiger partial charge in [0.2, 0.25) is 0 Å². The summed E-state index contributed by atoms with van der Waals surface area (Å²) in [6.45, 7) is 8.44. The Morgan fingerprint density at radius 1 is 1.25 bits per heavy atom. The monoisotopic (exact) mass is 219 g/mol. The first-order chi connectivity index (χ1) is 7.48. The number of hydrogen-bond donors (Lipinski definition) is 1. The van der Waals surface area contributed by atoms with E-state index in [4.69, 9.17) is 0 Å². The average Bonchev–Trinajstić information content (AvgIpc) is 2.64. The fourth-order valence-electron chi connectivity index (χ4n) is 2.34. The van der Waals surface area contributed by atoms with Crippen molar-refractivity contribution in [1.29, 1.82) is 0 Å². The van der Waals surface area contributed by atoms with Gasteiger partial charge >= 0.3 is 0 Å². The highest BCUT2D eigenvalue weighted by molar-refractivity contribution is 5.57. The summed E-state index contributed by atoms with van der Waals surface area (Å²) in [5.74, 6) is 0. The van der Waals surface area contributed by atoms with E-state index in [0.29, 0.717) is 0 Å². The van der Waals surface area contributed by atoms with E-state index in [1.54, 1.807) is 0 Å². The van der Waals surface area contributed by atoms with Gasteiger partial charge in [-0.3, -0.25) is 0 Å². The normalized spacial score (nSPS) is 21.5. The van der Waals surface area contributed by atoms with Gasteiger partial charge in [-0.25, -0.2) is 0 Å². The van der Waals surface area contributed by atoms with Gasteiger partial charge in [0.05, 0.1) is 6.10 Å². The van der Waals surface area contributed by atoms with Crippen LogP contribution < -0.4 is 4.90 Å². The van der Waals surface area contributed by atoms with Crippen molar-refractivity contribution in [3.63, 3.8) is 0 Å². The third kappa shape index (κ3) is 2.22. The quantitative estimate of drug-likeness (QED) is 0.784. The van der Waals surface area contributed by atoms with Crippen molar-refractivity contribution in [3.8, 4) is 0 Å². The summed E-state index contributed by atoms with van der Waals surface area (Å²) < 4.78 is 0. The standard InChI is InChI=1S/C14H21NO/c1-14(2,3)12-6-4-5-7-13(12)15-9-8-11(16)10-15/h4-7,11,16H,8-10H2,1-3H3/t11-/m0/s1. The number of aliphatic hydroxyl groups is 1. The molecule has 1 aliphatic heterocycles. The molecule has 1 heterocycles. The Labute approximate surface area is 97.9 Å². The molecule has 2 nitrogen and oxygen atoms in total. The van der Waals surface area contributed by atoms with Crippen LogP contribution in [0.25, 0.3) is 0 Å². The number of nitrogens with zero attached hydrogens (tertiary/aromatic N) is 1. The van der Waals surface area contributed by atoms with Crippen LogP contribution in [0.4, 0.5) is 5.69 Å². The fraction of sp³-hybridized carbons (Fsp3) is 0.571. The van der Waals surface area contributed by atoms with Gasteiger partial charge in [0.25, 0.3) is 0 Å². The van der Waals surface area contributed by atoms with Crippen molar-refractivity contribution in [3.05, 3.63) is 29.8 Å². The molecular weight excluding hydrogens is 198 g/mol. The molecule has 1 aromatic rings. The maximum Gasteiger partial charge on any atom is 0.0731 e. The fourth-order valence-corrected chi connectivity index (χ4v) is 2.34. The first-order valence-corrected chi connectivity index (χ1v) is 6.01. The molecule has 88 valence electrons. The third-order valence-electron chi connectivity index (χ3n) is 3.22. The lowest BCUT2D eigenvalue weighted by molar-refractivity contribution is 0.198. The zero-order valence-electron chi connectivity index (χ0n) is 10.4. The lowest BCUT2D eigenvalue weighted by Gasteiger charge is -2.28. The predicted molar refractivity (Wildman–Crippen MR) is 68.0 cm³/mol. The molecule has 2 heteroatoms. The summed E-state index contributed by atoms with van der Waals surface area (Å²) >= 11 is 0. The summed E-state index contributed by atoms with van der Waals surface area (Å²) in [6.07, 6.45) is 0.728. The summed E-state index contributed by atoms with van der Waals surface area (Å²) in [4.78, 5) is 2.30. The molecule has 0 saturated carbocycles. The minimum Gasteiger partial charge on any atom is -0.391 e. The Hall–Kier alpha value is -1.02. The van der Waals surface area contributed by atoms with Gasteiger partial charge in [-0.05, 0) is 23.5 Å². The zero-order valence-corrected chi connectivity index (χ0v) is 10.4. The van der Waals surface area contributed by atoms with Crippen LogP contribution in [0, 0.1) is 0 Å². The molecule has 0 unspecified atom stereocenters. The second-order valence-corrected chi connectivity index (χ2v) is 5.66. The molecule has 0 aromatic heterocycles. The van der Waals surface area contributed by atoms with Crippen molar-refractivity contribution in [2.24, 2.45) is 0 Å². The minimum atomic E-state index is -0.159. The van der Waals surface area contributed by atoms with Gasteiger partial charge in [0, 0.05) is 18.8 Å². The number of anilines is 1. The molecule has 0 spiro atoms. The van der Waals surface area contributed by atoms with Crippen LogP contribution in [0.15, 0.2) is 24.3 Å². The van der Waals surface area contributed by atoms with Gasteiger partial charge < -0.3 is 10.0 Å². The number of benzene rings is 1. The van der Waals surface area contributed by atoms with Crippen molar-refractivity contribution in [2.75, 3.05) is 18.0 Å². The zero-order chi connectivity index (χ0) is 11.8. The summed E-state index contributed by atoms with van der Waals surface area (Å²) in [7, 11) is 0. The third-order valence-corrected chi connectivity index (χ3v) is 3.22. The van der Waals surface area contributed by atoms with Crippen LogP contribution >= 0.6 is 0 Å². The number of β-amino-alcohol motifs (C(OH)–C–C–N with tert-alkyl or cyclic N) is 1. The van der Waals surface area contributed by atoms with Gasteiger partial charge in [-0.1, -0.05) is 39.0 Å². The van der Waals surface area contributed by atoms with E-state index in [-0.39, 0.29) is 11.5 Å². The Balaban J connectivity index is 2.34. The van der Waals surface area contributed by atoms with Crippen molar-refractivity contribution in [2.45, 2.75) is 38.7 Å². The first-order valence-electron chi connectivity index (χ1n) is 6.01. The Morgan fingerprint density at radius 2 is 1.94 bits per heavy atom. The summed E-state index contributed by atoms with van der Waals surface area (Å²) in [6, 6.07) is 8.53. The van der Waals surface area contributed by atoms with Gasteiger partial charge in [0.15, 0.2) is 0 Å². The lowest BCUT2D eigenvalue weighted by atomic mass is 9.85. The average molecular weight is 219 g/mol. The number of hydrogen-bond acceptors (Lipinski definition) is 2. The molecule has 0 amide bonds. The van der Waals surface area contributed by atoms with Crippen LogP contribution in [0.3, 0.4) is 0 Å². The molecule has 1 atom stereocenters. The SMILES string of the molecule is CC(C)(C)c1ccccc1N1CC[C@H](O)C1. The molecular formula is C14H21NO. The molecule has 1 N–H and O–H groups in total. The Morgan fingerprint density at radius 3 is 2.50 bits per heavy atom. The molecule has 1 fully saturated rings. The topological polar surface area (TPSA) is 23.5 Å². The maximum absolute atomic E-state index is 9.61. The van der Waals surface area contributed by atoms with Crippen LogP contribution in [0.1, 0.15) is 32.8 Å². The Bertz CT molecular complexity index is 367. The molecule has 0 bridgehead atoms. The molecule has 16 heavy (non-hydrogen) atoms. The smallest absolute Gasteiger partial charge is 0.0731 e. The highest BCUT2D eigenvalue weighted by Crippen LogP contribution is 2.33. The number of aliphatic hydroxyl groups excluding tert-OH is 1. The van der Waals surface area contributed by atoms with E-state index < -0.39 is 0 Å². The highest BCUT2D eigenvalue weighted by Gasteiger charge is 2.25. The van der Waals surface area contributed by atoms with Crippen LogP contribution in [0.5, 0.6) is 0 Å². The van der Waals surface area contributed by atoms with Gasteiger partial charge in [-0.15, -0.1) is 0 Å². The van der Waals surface area contributed by atoms with Crippen LogP contribution in [-0.4, -0.2) is 24.3 Å². The van der Waals surface area contributed by atoms with Crippen molar-refractivity contribution >= 4 is 5.69 Å². The largest absolute Gasteiger partial charge is 0.391 e. The number of rotatable bonds is 1. The van der Waals surface area contributed by atoms with E-state index in [2.05, 4.69) is 49.9 Å². The molecule has 1 aliphatic rings. The molecule has 1 aromatic carbocycles. The van der Waals surface area contributed by atoms with Gasteiger partial charge in [-0.2, -0.15) is 0 Å². The number of para-hydroxylation sites is 1. The Kier molecular flexibility index (Phi) is 2.94. The van der Waals surface area contributed by atoms with Crippen LogP contribution in [-0.2, 0) is 5.41 Å². The van der Waals surface area contributed by atoms with Crippen LogP contribution in [0.2, 0.25) is 0 Å². The van der Waals surface area contributed by atoms with E-state index >= 15 is 0 Å². The molecule has 0 aliphatic carbocycles. The second kappa shape index (κ2) is 4.10. The molecule has 1 saturated heterocycles. The second-order valence-electron chi connectivity index (χ2n) is 5.66. The van der Waals surface area contributed by atoms with E-state index in [9.17, 15) is 5.11 Å². The molecule has 2 rings (SSSR count). The maximum atomic E-state index is 9.61. The van der Waals surface area contributed by atoms with E-state index in [0.717, 1.165) is 19.5 Å². The van der Waals surface area contributed by atoms with Crippen molar-refractivity contribution in [1.82, 2.24) is 0 Å². The summed E-state index contributed by atoms with van der Waals surface area (Å²) in [5, 5.41) is 9.61. The van der Waals surface area contributed by atoms with E-state index in [1.165, 1.54) is 11.3 Å². The minimum absolute atomic E-state index is 0.157. The molecule has 0 radical (unpaired) electrons. The first kappa shape index (κ1) is 11.5. The van der Waals surface area contributed by atoms with E-state index in [1.807, 2.05) is 0 Å². The van der Waals surface area contributed by atoms with Crippen molar-refractivity contribution < 1.29 is 5.11 Å².